The van der Waals surface area contributed by atoms with E-state index in [9.17, 15) is 23.3 Å². The molecule has 3 fully saturated rings. The Kier molecular flexibility index (Phi) is 7.44. The molecule has 2 aliphatic heterocycles. The van der Waals surface area contributed by atoms with Crippen LogP contribution in [-0.4, -0.2) is 80.4 Å². The molecule has 1 saturated carbocycles. The SMILES string of the molecule is CC(C)CN(C(=O)C1CCN(c2ccc(S(=O)(=O)N3CCOCC3)cc2[N+](=O)[O-])CC1)C1CC1. The first kappa shape index (κ1) is 24.9. The molecule has 1 aromatic carbocycles. The zero-order chi connectivity index (χ0) is 24.5. The van der Waals surface area contributed by atoms with E-state index in [0.717, 1.165) is 25.5 Å². The summed E-state index contributed by atoms with van der Waals surface area (Å²) in [5, 5.41) is 11.9. The van der Waals surface area contributed by atoms with Crippen LogP contribution in [0.5, 0.6) is 0 Å². The van der Waals surface area contributed by atoms with E-state index in [2.05, 4.69) is 13.8 Å². The number of sulfonamides is 1. The lowest BCUT2D eigenvalue weighted by Crippen LogP contribution is -2.44. The Morgan fingerprint density at radius 2 is 1.79 bits per heavy atom. The van der Waals surface area contributed by atoms with E-state index in [1.165, 1.54) is 16.4 Å². The van der Waals surface area contributed by atoms with Crippen LogP contribution in [0.25, 0.3) is 0 Å². The third-order valence-electron chi connectivity index (χ3n) is 6.77. The fourth-order valence-electron chi connectivity index (χ4n) is 4.81. The number of hydrogen-bond donors (Lipinski definition) is 0. The van der Waals surface area contributed by atoms with Gasteiger partial charge >= 0.3 is 0 Å². The summed E-state index contributed by atoms with van der Waals surface area (Å²) in [4.78, 5) is 28.3. The molecule has 0 spiro atoms. The maximum Gasteiger partial charge on any atom is 0.293 e. The van der Waals surface area contributed by atoms with Crippen molar-refractivity contribution in [2.75, 3.05) is 50.8 Å². The van der Waals surface area contributed by atoms with Crippen molar-refractivity contribution in [2.45, 2.75) is 50.5 Å². The molecule has 0 unspecified atom stereocenters. The lowest BCUT2D eigenvalue weighted by molar-refractivity contribution is -0.384. The summed E-state index contributed by atoms with van der Waals surface area (Å²) in [6.07, 6.45) is 3.41. The minimum absolute atomic E-state index is 0.0735. The topological polar surface area (TPSA) is 113 Å². The van der Waals surface area contributed by atoms with Crippen LogP contribution in [-0.2, 0) is 19.6 Å². The summed E-state index contributed by atoms with van der Waals surface area (Å²) in [6, 6.07) is 4.51. The summed E-state index contributed by atoms with van der Waals surface area (Å²) in [5.41, 5.74) is 0.177. The Bertz CT molecular complexity index is 1010. The van der Waals surface area contributed by atoms with E-state index in [-0.39, 0.29) is 35.5 Å². The van der Waals surface area contributed by atoms with Gasteiger partial charge < -0.3 is 14.5 Å². The van der Waals surface area contributed by atoms with Crippen molar-refractivity contribution in [2.24, 2.45) is 11.8 Å². The van der Waals surface area contributed by atoms with Gasteiger partial charge in [0.15, 0.2) is 0 Å². The molecule has 2 saturated heterocycles. The molecule has 2 heterocycles. The number of rotatable bonds is 8. The van der Waals surface area contributed by atoms with Gasteiger partial charge in [-0.15, -0.1) is 0 Å². The molecule has 0 atom stereocenters. The molecule has 0 bridgehead atoms. The molecule has 0 aromatic heterocycles. The molecular formula is C23H34N4O6S. The van der Waals surface area contributed by atoms with Gasteiger partial charge in [0.1, 0.15) is 5.69 Å². The molecule has 1 amide bonds. The Morgan fingerprint density at radius 3 is 2.35 bits per heavy atom. The molecule has 3 aliphatic rings. The molecule has 188 valence electrons. The van der Waals surface area contributed by atoms with Gasteiger partial charge in [-0.25, -0.2) is 8.42 Å². The van der Waals surface area contributed by atoms with E-state index in [4.69, 9.17) is 4.74 Å². The quantitative estimate of drug-likeness (QED) is 0.403. The second-order valence-electron chi connectivity index (χ2n) is 9.80. The zero-order valence-electron chi connectivity index (χ0n) is 19.9. The normalized spacial score (nSPS) is 20.5. The number of benzene rings is 1. The van der Waals surface area contributed by atoms with Crippen LogP contribution in [0.2, 0.25) is 0 Å². The first-order valence-corrected chi connectivity index (χ1v) is 13.5. The van der Waals surface area contributed by atoms with E-state index >= 15 is 0 Å². The van der Waals surface area contributed by atoms with Crippen molar-refractivity contribution in [3.05, 3.63) is 28.3 Å². The maximum absolute atomic E-state index is 13.2. The molecule has 1 aromatic rings. The van der Waals surface area contributed by atoms with Crippen molar-refractivity contribution in [1.82, 2.24) is 9.21 Å². The highest BCUT2D eigenvalue weighted by molar-refractivity contribution is 7.89. The summed E-state index contributed by atoms with van der Waals surface area (Å²) < 4.78 is 32.4. The molecule has 1 aliphatic carbocycles. The van der Waals surface area contributed by atoms with Gasteiger partial charge in [-0.3, -0.25) is 14.9 Å². The fourth-order valence-corrected chi connectivity index (χ4v) is 6.24. The second-order valence-corrected chi connectivity index (χ2v) is 11.7. The minimum Gasteiger partial charge on any atom is -0.379 e. The Balaban J connectivity index is 1.47. The summed E-state index contributed by atoms with van der Waals surface area (Å²) in [7, 11) is -3.83. The van der Waals surface area contributed by atoms with E-state index in [0.29, 0.717) is 56.8 Å². The Labute approximate surface area is 201 Å². The predicted molar refractivity (Wildman–Crippen MR) is 127 cm³/mol. The Morgan fingerprint density at radius 1 is 1.15 bits per heavy atom. The maximum atomic E-state index is 13.2. The number of ether oxygens (including phenoxy) is 1. The number of piperidine rings is 1. The zero-order valence-corrected chi connectivity index (χ0v) is 20.7. The standard InChI is InChI=1S/C23H34N4O6S/c1-17(2)16-26(19-3-4-19)23(28)18-7-9-24(10-8-18)21-6-5-20(15-22(21)27(29)30)34(31,32)25-11-13-33-14-12-25/h5-6,15,17-19H,3-4,7-14,16H2,1-2H3. The van der Waals surface area contributed by atoms with Crippen LogP contribution in [0.15, 0.2) is 23.1 Å². The highest BCUT2D eigenvalue weighted by Crippen LogP contribution is 2.36. The van der Waals surface area contributed by atoms with Crippen molar-refractivity contribution in [3.8, 4) is 0 Å². The third kappa shape index (κ3) is 5.36. The van der Waals surface area contributed by atoms with Crippen LogP contribution in [0.1, 0.15) is 39.5 Å². The van der Waals surface area contributed by atoms with Gasteiger partial charge in [0.2, 0.25) is 15.9 Å². The Hall–Kier alpha value is -2.24. The average Bonchev–Trinajstić information content (AvgIpc) is 3.67. The van der Waals surface area contributed by atoms with Crippen molar-refractivity contribution in [3.63, 3.8) is 0 Å². The van der Waals surface area contributed by atoms with Gasteiger partial charge in [0.25, 0.3) is 5.69 Å². The molecule has 34 heavy (non-hydrogen) atoms. The predicted octanol–water partition coefficient (Wildman–Crippen LogP) is 2.48. The fraction of sp³-hybridized carbons (Fsp3) is 0.696. The number of amides is 1. The highest BCUT2D eigenvalue weighted by Gasteiger charge is 2.38. The van der Waals surface area contributed by atoms with E-state index in [1.807, 2.05) is 9.80 Å². The summed E-state index contributed by atoms with van der Waals surface area (Å²) in [6.45, 7) is 7.13. The van der Waals surface area contributed by atoms with Gasteiger partial charge in [0.05, 0.1) is 23.0 Å². The number of nitro benzene ring substituents is 1. The summed E-state index contributed by atoms with van der Waals surface area (Å²) in [5.74, 6) is 0.549. The molecule has 0 N–H and O–H groups in total. The van der Waals surface area contributed by atoms with Crippen LogP contribution in [0, 0.1) is 22.0 Å². The van der Waals surface area contributed by atoms with Gasteiger partial charge in [-0.1, -0.05) is 13.8 Å². The minimum atomic E-state index is -3.83. The summed E-state index contributed by atoms with van der Waals surface area (Å²) >= 11 is 0. The van der Waals surface area contributed by atoms with Gasteiger partial charge in [-0.2, -0.15) is 4.31 Å². The van der Waals surface area contributed by atoms with Crippen molar-refractivity contribution < 1.29 is 22.9 Å². The monoisotopic (exact) mass is 494 g/mol. The molecule has 10 nitrogen and oxygen atoms in total. The molecular weight excluding hydrogens is 460 g/mol. The third-order valence-corrected chi connectivity index (χ3v) is 8.66. The van der Waals surface area contributed by atoms with E-state index in [1.54, 1.807) is 0 Å². The van der Waals surface area contributed by atoms with Crippen LogP contribution >= 0.6 is 0 Å². The lowest BCUT2D eigenvalue weighted by Gasteiger charge is -2.36. The van der Waals surface area contributed by atoms with Crippen LogP contribution in [0.3, 0.4) is 0 Å². The van der Waals surface area contributed by atoms with Gasteiger partial charge in [-0.05, 0) is 43.7 Å². The van der Waals surface area contributed by atoms with Gasteiger partial charge in [0, 0.05) is 50.7 Å². The first-order valence-electron chi connectivity index (χ1n) is 12.1. The van der Waals surface area contributed by atoms with E-state index < -0.39 is 14.9 Å². The largest absolute Gasteiger partial charge is 0.379 e. The number of nitro groups is 1. The van der Waals surface area contributed by atoms with Crippen LogP contribution in [0.4, 0.5) is 11.4 Å². The number of hydrogen-bond acceptors (Lipinski definition) is 7. The smallest absolute Gasteiger partial charge is 0.293 e. The number of morpholine rings is 1. The number of carbonyl (C=O) groups excluding carboxylic acids is 1. The highest BCUT2D eigenvalue weighted by atomic mass is 32.2. The first-order chi connectivity index (χ1) is 16.2. The molecule has 11 heteroatoms. The second kappa shape index (κ2) is 10.2. The number of nitrogens with zero attached hydrogens (tertiary/aromatic N) is 4. The average molecular weight is 495 g/mol. The van der Waals surface area contributed by atoms with Crippen molar-refractivity contribution in [1.29, 1.82) is 0 Å². The number of anilines is 1. The number of carbonyl (C=O) groups is 1. The van der Waals surface area contributed by atoms with Crippen LogP contribution < -0.4 is 4.90 Å². The van der Waals surface area contributed by atoms with Crippen molar-refractivity contribution >= 4 is 27.3 Å². The molecule has 0 radical (unpaired) electrons. The molecule has 4 rings (SSSR count). The lowest BCUT2D eigenvalue weighted by atomic mass is 9.94.